The van der Waals surface area contributed by atoms with Crippen molar-refractivity contribution in [2.75, 3.05) is 10.6 Å². The van der Waals surface area contributed by atoms with Crippen molar-refractivity contribution in [3.63, 3.8) is 0 Å². The van der Waals surface area contributed by atoms with E-state index >= 15 is 0 Å². The van der Waals surface area contributed by atoms with Crippen LogP contribution >= 0.6 is 0 Å². The Labute approximate surface area is 427 Å². The predicted octanol–water partition coefficient (Wildman–Crippen LogP) is -2.87. The molecule has 313 valence electrons. The van der Waals surface area contributed by atoms with Gasteiger partial charge >= 0.3 is 100 Å². The second-order valence-electron chi connectivity index (χ2n) is 11.0. The van der Waals surface area contributed by atoms with Gasteiger partial charge in [0, 0.05) is 40.3 Å². The van der Waals surface area contributed by atoms with Crippen LogP contribution in [0.5, 0.6) is 11.5 Å². The van der Waals surface area contributed by atoms with Gasteiger partial charge in [-0.2, -0.15) is 16.8 Å². The van der Waals surface area contributed by atoms with Crippen molar-refractivity contribution in [2.45, 2.75) is 23.6 Å². The van der Waals surface area contributed by atoms with Gasteiger partial charge in [0.1, 0.15) is 32.7 Å². The van der Waals surface area contributed by atoms with Gasteiger partial charge in [-0.3, -0.25) is 38.9 Å². The number of nitro groups is 2. The number of para-hydroxylation sites is 2. The average Bonchev–Trinajstić information content (AvgIpc) is 3.12. The van der Waals surface area contributed by atoms with E-state index in [1.807, 2.05) is 0 Å². The molecule has 0 aliphatic heterocycles. The molecule has 0 spiro atoms. The number of hydrogen-bond acceptors (Lipinski definition) is 18. The van der Waals surface area contributed by atoms with Gasteiger partial charge < -0.3 is 31.1 Å². The minimum atomic E-state index is -4.87. The van der Waals surface area contributed by atoms with Gasteiger partial charge in [-0.25, -0.2) is 0 Å². The van der Waals surface area contributed by atoms with E-state index in [0.717, 1.165) is 13.8 Å². The molecule has 0 bridgehead atoms. The number of carbonyl (C=O) groups excluding carboxylic acids is 2. The SMILES string of the molecule is C/C(O)=C(/N=Nc1cc(S(=O)(=O)O)cc([N+](=O)[O-])c1O)C(=O)Nc1ccccc1.C/C(O)=C(/N=Nc1cc(S(=O)(=O)O)cc([N+](=O)[O-])c1O)C(=O)Nc1ccccc1.[Co].[Na+].[Na+].[Na+]. The van der Waals surface area contributed by atoms with E-state index in [2.05, 4.69) is 31.1 Å². The molecule has 2 amide bonds. The van der Waals surface area contributed by atoms with Crippen molar-refractivity contribution in [2.24, 2.45) is 20.5 Å². The van der Waals surface area contributed by atoms with Crippen molar-refractivity contribution >= 4 is 66.2 Å². The van der Waals surface area contributed by atoms with E-state index in [0.29, 0.717) is 35.6 Å². The molecule has 4 rings (SSSR count). The number of amides is 2. The van der Waals surface area contributed by atoms with E-state index in [9.17, 15) is 67.1 Å². The maximum absolute atomic E-state index is 12.3. The number of carbonyl (C=O) groups is 2. The topological polar surface area (TPSA) is 384 Å². The first-order valence-corrected chi connectivity index (χ1v) is 18.2. The smallest absolute Gasteiger partial charge is 0.510 e. The van der Waals surface area contributed by atoms with Crippen LogP contribution in [-0.4, -0.2) is 68.0 Å². The van der Waals surface area contributed by atoms with Crippen molar-refractivity contribution in [1.82, 2.24) is 0 Å². The summed E-state index contributed by atoms with van der Waals surface area (Å²) >= 11 is 0. The molecule has 4 aromatic carbocycles. The molecule has 0 heterocycles. The van der Waals surface area contributed by atoms with E-state index < -0.39 is 109 Å². The van der Waals surface area contributed by atoms with Crippen molar-refractivity contribution in [3.8, 4) is 11.5 Å². The normalized spacial score (nSPS) is 11.7. The molecule has 0 saturated heterocycles. The fourth-order valence-corrected chi connectivity index (χ4v) is 5.12. The minimum Gasteiger partial charge on any atom is -0.510 e. The molecule has 24 nitrogen and oxygen atoms in total. The molecule has 0 saturated carbocycles. The molecule has 0 aliphatic carbocycles. The standard InChI is InChI=1S/2C16H14N4O8S.Co.3Na/c2*1-9(21)14(16(23)17-10-5-3-2-4-6-10)19-18-12-7-11(29(26,27)28)8-13(15(12)22)20(24)25;;;;/h2*2-8,21-22H,1H3,(H,17,23)(H,26,27,28);;;;/q;;;3*+1/b2*14-9-,19-18?;;;;. The summed E-state index contributed by atoms with van der Waals surface area (Å²) in [6.45, 7) is 2.24. The Morgan fingerprint density at radius 2 is 0.887 bits per heavy atom. The monoisotopic (exact) mass is 972 g/mol. The number of aliphatic hydroxyl groups excluding tert-OH is 2. The maximum Gasteiger partial charge on any atom is 1.00 e. The van der Waals surface area contributed by atoms with Crippen LogP contribution in [0.2, 0.25) is 0 Å². The van der Waals surface area contributed by atoms with Crippen molar-refractivity contribution in [1.29, 1.82) is 0 Å². The molecule has 0 aromatic heterocycles. The Hall–Kier alpha value is -4.17. The predicted molar refractivity (Wildman–Crippen MR) is 199 cm³/mol. The number of aliphatic hydroxyl groups is 2. The fourth-order valence-electron chi connectivity index (χ4n) is 4.08. The zero-order valence-electron chi connectivity index (χ0n) is 32.7. The molecule has 62 heavy (non-hydrogen) atoms. The number of nitrogens with one attached hydrogen (secondary N) is 2. The first kappa shape index (κ1) is 59.9. The van der Waals surface area contributed by atoms with Crippen LogP contribution in [0.3, 0.4) is 0 Å². The molecule has 30 heteroatoms. The number of hydrogen-bond donors (Lipinski definition) is 8. The number of phenolic OH excluding ortho intramolecular Hbond substituents is 2. The van der Waals surface area contributed by atoms with Crippen LogP contribution in [0.1, 0.15) is 13.8 Å². The van der Waals surface area contributed by atoms with Gasteiger partial charge in [-0.05, 0) is 50.2 Å². The number of azo groups is 2. The summed E-state index contributed by atoms with van der Waals surface area (Å²) in [6.07, 6.45) is 0. The van der Waals surface area contributed by atoms with E-state index in [-0.39, 0.29) is 105 Å². The number of nitrogens with zero attached hydrogens (tertiary/aromatic N) is 6. The Bertz CT molecular complexity index is 2450. The Morgan fingerprint density at radius 1 is 0.597 bits per heavy atom. The van der Waals surface area contributed by atoms with Gasteiger partial charge in [0.05, 0.1) is 9.85 Å². The van der Waals surface area contributed by atoms with Gasteiger partial charge in [0.15, 0.2) is 11.4 Å². The number of anilines is 2. The third-order valence-electron chi connectivity index (χ3n) is 6.77. The van der Waals surface area contributed by atoms with Crippen LogP contribution in [0, 0.1) is 20.2 Å². The quantitative estimate of drug-likeness (QED) is 0.0135. The van der Waals surface area contributed by atoms with Crippen LogP contribution in [0.4, 0.5) is 34.1 Å². The first-order chi connectivity index (χ1) is 27.0. The van der Waals surface area contributed by atoms with E-state index in [4.69, 9.17) is 9.11 Å². The molecule has 0 unspecified atom stereocenters. The first-order valence-electron chi connectivity index (χ1n) is 15.3. The number of rotatable bonds is 12. The number of benzene rings is 4. The van der Waals surface area contributed by atoms with Crippen LogP contribution < -0.4 is 99.3 Å². The van der Waals surface area contributed by atoms with Gasteiger partial charge in [0.2, 0.25) is 11.5 Å². The Kier molecular flexibility index (Phi) is 25.6. The number of allylic oxidation sites excluding steroid dienone is 2. The second kappa shape index (κ2) is 26.5. The maximum atomic E-state index is 12.3. The summed E-state index contributed by atoms with van der Waals surface area (Å²) in [7, 11) is -9.74. The van der Waals surface area contributed by atoms with Gasteiger partial charge in [-0.1, -0.05) is 36.4 Å². The molecular formula is C32H28CoN8Na3O16S2+3. The number of aromatic hydroxyl groups is 2. The van der Waals surface area contributed by atoms with Crippen LogP contribution in [0.25, 0.3) is 0 Å². The van der Waals surface area contributed by atoms with E-state index in [1.165, 1.54) is 0 Å². The summed E-state index contributed by atoms with van der Waals surface area (Å²) in [5.74, 6) is -5.02. The second-order valence-corrected chi connectivity index (χ2v) is 13.8. The molecular weight excluding hydrogens is 944 g/mol. The van der Waals surface area contributed by atoms with Crippen molar-refractivity contribution in [3.05, 3.63) is 128 Å². The third-order valence-corrected chi connectivity index (χ3v) is 8.43. The summed E-state index contributed by atoms with van der Waals surface area (Å²) in [5.41, 5.74) is -4.03. The molecule has 1 radical (unpaired) electrons. The molecule has 4 aromatic rings. The van der Waals surface area contributed by atoms with E-state index in [1.54, 1.807) is 60.7 Å². The zero-order chi connectivity index (χ0) is 43.5. The summed E-state index contributed by atoms with van der Waals surface area (Å²) in [6, 6.07) is 18.3. The summed E-state index contributed by atoms with van der Waals surface area (Å²) in [5, 5.41) is 79.8. The average molecular weight is 973 g/mol. The third kappa shape index (κ3) is 17.5. The van der Waals surface area contributed by atoms with Gasteiger partial charge in [-0.15, -0.1) is 20.5 Å². The van der Waals surface area contributed by atoms with Gasteiger partial charge in [0.25, 0.3) is 32.1 Å². The zero-order valence-corrected chi connectivity index (χ0v) is 41.4. The largest absolute Gasteiger partial charge is 1.00 e. The number of phenols is 2. The number of nitro benzene ring substituents is 2. The minimum absolute atomic E-state index is 0. The molecule has 0 fully saturated rings. The Morgan fingerprint density at radius 3 is 1.13 bits per heavy atom. The van der Waals surface area contributed by atoms with Crippen LogP contribution in [0.15, 0.2) is 138 Å². The molecule has 0 aliphatic rings. The summed E-state index contributed by atoms with van der Waals surface area (Å²) in [4.78, 5) is 42.5. The molecule has 8 N–H and O–H groups in total. The fraction of sp³-hybridized carbons (Fsp3) is 0.0625. The van der Waals surface area contributed by atoms with Crippen LogP contribution in [-0.2, 0) is 46.6 Å². The Balaban J connectivity index is 0. The van der Waals surface area contributed by atoms with Crippen molar-refractivity contribution < 1.29 is 171 Å². The summed E-state index contributed by atoms with van der Waals surface area (Å²) < 4.78 is 63.4. The molecule has 0 atom stereocenters.